The molecular formula is C24H22N2O2. The van der Waals surface area contributed by atoms with Gasteiger partial charge in [0.05, 0.1) is 11.4 Å². The lowest BCUT2D eigenvalue weighted by molar-refractivity contribution is -0.112. The fourth-order valence-electron chi connectivity index (χ4n) is 3.29. The molecule has 1 amide bonds. The van der Waals surface area contributed by atoms with Gasteiger partial charge in [0.1, 0.15) is 17.2 Å². The van der Waals surface area contributed by atoms with Crippen LogP contribution < -0.4 is 9.64 Å². The molecule has 0 spiro atoms. The van der Waals surface area contributed by atoms with Gasteiger partial charge in [-0.15, -0.1) is 0 Å². The molecule has 0 saturated heterocycles. The van der Waals surface area contributed by atoms with Crippen molar-refractivity contribution in [2.24, 2.45) is 10.9 Å². The van der Waals surface area contributed by atoms with E-state index in [2.05, 4.69) is 18.8 Å². The van der Waals surface area contributed by atoms with Crippen LogP contribution in [0.5, 0.6) is 11.5 Å². The second-order valence-electron chi connectivity index (χ2n) is 7.20. The molecule has 0 atom stereocenters. The highest BCUT2D eigenvalue weighted by molar-refractivity contribution is 6.54. The summed E-state index contributed by atoms with van der Waals surface area (Å²) < 4.78 is 5.89. The van der Waals surface area contributed by atoms with E-state index in [0.29, 0.717) is 29.6 Å². The quantitative estimate of drug-likeness (QED) is 0.586. The molecular weight excluding hydrogens is 348 g/mol. The van der Waals surface area contributed by atoms with E-state index in [1.807, 2.05) is 83.8 Å². The number of fused-ring (bicyclic) bond motifs is 1. The summed E-state index contributed by atoms with van der Waals surface area (Å²) >= 11 is 0. The van der Waals surface area contributed by atoms with Crippen molar-refractivity contribution in [2.75, 3.05) is 11.4 Å². The average molecular weight is 370 g/mol. The fourth-order valence-corrected chi connectivity index (χ4v) is 3.29. The van der Waals surface area contributed by atoms with Crippen LogP contribution in [0.4, 0.5) is 11.4 Å². The van der Waals surface area contributed by atoms with E-state index in [0.717, 1.165) is 17.0 Å². The first-order valence-corrected chi connectivity index (χ1v) is 9.45. The lowest BCUT2D eigenvalue weighted by Gasteiger charge is -2.18. The van der Waals surface area contributed by atoms with Crippen molar-refractivity contribution in [1.82, 2.24) is 0 Å². The number of hydrogen-bond donors (Lipinski definition) is 0. The number of carbonyl (C=O) groups is 1. The topological polar surface area (TPSA) is 41.9 Å². The number of hydrogen-bond acceptors (Lipinski definition) is 3. The zero-order valence-electron chi connectivity index (χ0n) is 16.0. The second-order valence-corrected chi connectivity index (χ2v) is 7.20. The molecule has 1 aliphatic rings. The summed E-state index contributed by atoms with van der Waals surface area (Å²) in [5.74, 6) is 1.77. The van der Waals surface area contributed by atoms with Gasteiger partial charge in [-0.2, -0.15) is 0 Å². The maximum Gasteiger partial charge on any atom is 0.277 e. The summed E-state index contributed by atoms with van der Waals surface area (Å²) in [5, 5.41) is 0. The number of nitrogens with zero attached hydrogens (tertiary/aromatic N) is 2. The maximum atomic E-state index is 13.0. The lowest BCUT2D eigenvalue weighted by atomic mass is 10.1. The Bertz CT molecular complexity index is 1030. The Hall–Kier alpha value is -3.40. The predicted octanol–water partition coefficient (Wildman–Crippen LogP) is 5.60. The van der Waals surface area contributed by atoms with Gasteiger partial charge >= 0.3 is 0 Å². The molecule has 4 rings (SSSR count). The zero-order chi connectivity index (χ0) is 19.5. The van der Waals surface area contributed by atoms with Crippen molar-refractivity contribution < 1.29 is 9.53 Å². The molecule has 4 heteroatoms. The first kappa shape index (κ1) is 18.0. The van der Waals surface area contributed by atoms with Gasteiger partial charge in [0, 0.05) is 18.2 Å². The highest BCUT2D eigenvalue weighted by atomic mass is 16.5. The highest BCUT2D eigenvalue weighted by Crippen LogP contribution is 2.32. The summed E-state index contributed by atoms with van der Waals surface area (Å²) in [6.07, 6.45) is 0. The van der Waals surface area contributed by atoms with Crippen molar-refractivity contribution >= 4 is 23.0 Å². The largest absolute Gasteiger partial charge is 0.457 e. The average Bonchev–Trinajstić information content (AvgIpc) is 2.95. The fraction of sp³-hybridized carbons (Fsp3) is 0.167. The number of rotatable bonds is 5. The monoisotopic (exact) mass is 370 g/mol. The van der Waals surface area contributed by atoms with Crippen LogP contribution >= 0.6 is 0 Å². The predicted molar refractivity (Wildman–Crippen MR) is 113 cm³/mol. The SMILES string of the molecule is CC(C)CN1C(=O)C(=Nc2cccc(Oc3ccccc3)c2)c2ccccc21. The van der Waals surface area contributed by atoms with Crippen LogP contribution in [0.25, 0.3) is 0 Å². The molecule has 1 aliphatic heterocycles. The second kappa shape index (κ2) is 7.69. The number of anilines is 1. The van der Waals surface area contributed by atoms with Crippen LogP contribution in [-0.4, -0.2) is 18.2 Å². The number of carbonyl (C=O) groups excluding carboxylic acids is 1. The molecule has 0 unspecified atom stereocenters. The Morgan fingerprint density at radius 2 is 1.61 bits per heavy atom. The summed E-state index contributed by atoms with van der Waals surface area (Å²) in [6.45, 7) is 4.89. The zero-order valence-corrected chi connectivity index (χ0v) is 16.0. The van der Waals surface area contributed by atoms with Gasteiger partial charge in [-0.25, -0.2) is 4.99 Å². The first-order chi connectivity index (χ1) is 13.6. The molecule has 0 saturated carbocycles. The number of benzene rings is 3. The molecule has 1 heterocycles. The molecule has 0 bridgehead atoms. The maximum absolute atomic E-state index is 13.0. The van der Waals surface area contributed by atoms with Crippen molar-refractivity contribution in [3.8, 4) is 11.5 Å². The van der Waals surface area contributed by atoms with Crippen LogP contribution in [0, 0.1) is 5.92 Å². The number of para-hydroxylation sites is 2. The molecule has 3 aromatic carbocycles. The van der Waals surface area contributed by atoms with Crippen LogP contribution in [0.1, 0.15) is 19.4 Å². The van der Waals surface area contributed by atoms with Crippen molar-refractivity contribution in [1.29, 1.82) is 0 Å². The third-order valence-corrected chi connectivity index (χ3v) is 4.48. The van der Waals surface area contributed by atoms with Gasteiger partial charge in [-0.1, -0.05) is 56.3 Å². The third kappa shape index (κ3) is 3.67. The molecule has 0 N–H and O–H groups in total. The van der Waals surface area contributed by atoms with E-state index in [9.17, 15) is 4.79 Å². The number of amides is 1. The third-order valence-electron chi connectivity index (χ3n) is 4.48. The van der Waals surface area contributed by atoms with E-state index in [-0.39, 0.29) is 5.91 Å². The van der Waals surface area contributed by atoms with Gasteiger partial charge in [0.15, 0.2) is 0 Å². The van der Waals surface area contributed by atoms with Gasteiger partial charge in [0.2, 0.25) is 0 Å². The van der Waals surface area contributed by atoms with E-state index < -0.39 is 0 Å². The molecule has 0 radical (unpaired) electrons. The normalized spacial score (nSPS) is 14.6. The Morgan fingerprint density at radius 1 is 0.893 bits per heavy atom. The number of aliphatic imine (C=N–C) groups is 1. The standard InChI is InChI=1S/C24H22N2O2/c1-17(2)16-26-22-14-7-6-13-21(22)23(24(26)27)25-18-9-8-12-20(15-18)28-19-10-4-3-5-11-19/h3-15,17H,16H2,1-2H3. The van der Waals surface area contributed by atoms with E-state index in [1.165, 1.54) is 0 Å². The number of ether oxygens (including phenoxy) is 1. The summed E-state index contributed by atoms with van der Waals surface area (Å²) in [4.78, 5) is 19.6. The molecule has 28 heavy (non-hydrogen) atoms. The van der Waals surface area contributed by atoms with E-state index in [4.69, 9.17) is 4.74 Å². The summed E-state index contributed by atoms with van der Waals surface area (Å²) in [5.41, 5.74) is 2.98. The van der Waals surface area contributed by atoms with Crippen molar-refractivity contribution in [3.63, 3.8) is 0 Å². The minimum Gasteiger partial charge on any atom is -0.457 e. The van der Waals surface area contributed by atoms with Crippen LogP contribution in [0.15, 0.2) is 83.9 Å². The van der Waals surface area contributed by atoms with Crippen LogP contribution in [0.2, 0.25) is 0 Å². The minimum atomic E-state index is -0.0516. The van der Waals surface area contributed by atoms with Gasteiger partial charge < -0.3 is 9.64 Å². The van der Waals surface area contributed by atoms with E-state index in [1.54, 1.807) is 0 Å². The van der Waals surface area contributed by atoms with Crippen LogP contribution in [-0.2, 0) is 4.79 Å². The van der Waals surface area contributed by atoms with Gasteiger partial charge in [-0.3, -0.25) is 4.79 Å². The van der Waals surface area contributed by atoms with Crippen molar-refractivity contribution in [3.05, 3.63) is 84.4 Å². The molecule has 0 aromatic heterocycles. The smallest absolute Gasteiger partial charge is 0.277 e. The Kier molecular flexibility index (Phi) is 4.94. The summed E-state index contributed by atoms with van der Waals surface area (Å²) in [6, 6.07) is 24.9. The Balaban J connectivity index is 1.67. The molecule has 3 aromatic rings. The Morgan fingerprint density at radius 3 is 2.39 bits per heavy atom. The molecule has 4 nitrogen and oxygen atoms in total. The van der Waals surface area contributed by atoms with Gasteiger partial charge in [-0.05, 0) is 36.2 Å². The van der Waals surface area contributed by atoms with Crippen molar-refractivity contribution in [2.45, 2.75) is 13.8 Å². The van der Waals surface area contributed by atoms with Gasteiger partial charge in [0.25, 0.3) is 5.91 Å². The highest BCUT2D eigenvalue weighted by Gasteiger charge is 2.33. The molecule has 0 fully saturated rings. The van der Waals surface area contributed by atoms with Crippen LogP contribution in [0.3, 0.4) is 0 Å². The summed E-state index contributed by atoms with van der Waals surface area (Å²) in [7, 11) is 0. The lowest BCUT2D eigenvalue weighted by Crippen LogP contribution is -2.33. The first-order valence-electron chi connectivity index (χ1n) is 9.45. The minimum absolute atomic E-state index is 0.0516. The van der Waals surface area contributed by atoms with E-state index >= 15 is 0 Å². The molecule has 140 valence electrons. The Labute approximate surface area is 165 Å². The molecule has 0 aliphatic carbocycles.